The first-order valence-corrected chi connectivity index (χ1v) is 10.8. The maximum atomic E-state index is 13.2. The Labute approximate surface area is 167 Å². The van der Waals surface area contributed by atoms with Gasteiger partial charge in [-0.1, -0.05) is 70.2 Å². The second-order valence-electron chi connectivity index (χ2n) is 7.77. The van der Waals surface area contributed by atoms with Crippen molar-refractivity contribution >= 4 is 20.9 Å². The van der Waals surface area contributed by atoms with Crippen LogP contribution in [-0.2, 0) is 15.5 Å². The molecular formula is C23H26O4S. The molecule has 5 heteroatoms. The Bertz CT molecular complexity index is 1070. The second kappa shape index (κ2) is 7.84. The van der Waals surface area contributed by atoms with Crippen molar-refractivity contribution in [2.24, 2.45) is 0 Å². The van der Waals surface area contributed by atoms with Crippen LogP contribution in [0.4, 0.5) is 0 Å². The lowest BCUT2D eigenvalue weighted by Gasteiger charge is -2.21. The summed E-state index contributed by atoms with van der Waals surface area (Å²) in [4.78, 5) is 0.0568. The van der Waals surface area contributed by atoms with Crippen LogP contribution in [0.3, 0.4) is 0 Å². The van der Waals surface area contributed by atoms with Crippen LogP contribution >= 0.6 is 0 Å². The van der Waals surface area contributed by atoms with Gasteiger partial charge in [-0.05, 0) is 41.0 Å². The molecule has 0 aliphatic heterocycles. The molecule has 0 saturated carbocycles. The summed E-state index contributed by atoms with van der Waals surface area (Å²) in [6.45, 7) is 8.53. The Morgan fingerprint density at radius 1 is 0.893 bits per heavy atom. The van der Waals surface area contributed by atoms with Gasteiger partial charge >= 0.3 is 10.1 Å². The molecule has 0 bridgehead atoms. The SMILES string of the molecule is CCCOc1ccc(C(C)(C)C)cc1S(=O)(=O)Oc1cccc2ccccc12. The third-order valence-corrected chi connectivity index (χ3v) is 5.75. The molecular weight excluding hydrogens is 372 g/mol. The fourth-order valence-electron chi connectivity index (χ4n) is 2.93. The molecule has 0 aromatic heterocycles. The van der Waals surface area contributed by atoms with E-state index >= 15 is 0 Å². The summed E-state index contributed by atoms with van der Waals surface area (Å²) in [5.41, 5.74) is 0.698. The molecule has 0 aliphatic carbocycles. The van der Waals surface area contributed by atoms with Crippen molar-refractivity contribution in [2.45, 2.75) is 44.4 Å². The van der Waals surface area contributed by atoms with Crippen LogP contribution in [0, 0.1) is 0 Å². The van der Waals surface area contributed by atoms with Gasteiger partial charge in [-0.15, -0.1) is 0 Å². The number of ether oxygens (including phenoxy) is 1. The van der Waals surface area contributed by atoms with Crippen LogP contribution in [0.25, 0.3) is 10.8 Å². The van der Waals surface area contributed by atoms with Crippen LogP contribution in [0.1, 0.15) is 39.7 Å². The fourth-order valence-corrected chi connectivity index (χ4v) is 4.05. The molecule has 3 rings (SSSR count). The predicted octanol–water partition coefficient (Wildman–Crippen LogP) is 5.69. The minimum absolute atomic E-state index is 0.0568. The van der Waals surface area contributed by atoms with Gasteiger partial charge in [-0.2, -0.15) is 8.42 Å². The molecule has 3 aromatic carbocycles. The van der Waals surface area contributed by atoms with Gasteiger partial charge in [0.15, 0.2) is 5.75 Å². The minimum atomic E-state index is -4.07. The fraction of sp³-hybridized carbons (Fsp3) is 0.304. The first-order valence-electron chi connectivity index (χ1n) is 9.42. The van der Waals surface area contributed by atoms with E-state index in [1.807, 2.05) is 64.1 Å². The van der Waals surface area contributed by atoms with Crippen molar-refractivity contribution in [3.8, 4) is 11.5 Å². The smallest absolute Gasteiger partial charge is 0.342 e. The Morgan fingerprint density at radius 2 is 1.61 bits per heavy atom. The highest BCUT2D eigenvalue weighted by molar-refractivity contribution is 7.87. The number of rotatable bonds is 6. The highest BCUT2D eigenvalue weighted by Gasteiger charge is 2.26. The van der Waals surface area contributed by atoms with Gasteiger partial charge in [0, 0.05) is 5.39 Å². The summed E-state index contributed by atoms with van der Waals surface area (Å²) >= 11 is 0. The molecule has 0 atom stereocenters. The third kappa shape index (κ3) is 4.30. The number of benzene rings is 3. The summed E-state index contributed by atoms with van der Waals surface area (Å²) in [5.74, 6) is 0.621. The zero-order valence-corrected chi connectivity index (χ0v) is 17.5. The summed E-state index contributed by atoms with van der Waals surface area (Å²) in [6.07, 6.45) is 0.782. The average molecular weight is 399 g/mol. The van der Waals surface area contributed by atoms with E-state index in [-0.39, 0.29) is 10.3 Å². The van der Waals surface area contributed by atoms with Crippen LogP contribution < -0.4 is 8.92 Å². The minimum Gasteiger partial charge on any atom is -0.492 e. The van der Waals surface area contributed by atoms with Crippen LogP contribution in [-0.4, -0.2) is 15.0 Å². The molecule has 0 saturated heterocycles. The van der Waals surface area contributed by atoms with Crippen molar-refractivity contribution in [2.75, 3.05) is 6.61 Å². The average Bonchev–Trinajstić information content (AvgIpc) is 2.65. The number of hydrogen-bond acceptors (Lipinski definition) is 4. The molecule has 0 amide bonds. The van der Waals surface area contributed by atoms with Crippen molar-refractivity contribution in [1.82, 2.24) is 0 Å². The van der Waals surface area contributed by atoms with Gasteiger partial charge in [0.2, 0.25) is 0 Å². The van der Waals surface area contributed by atoms with Gasteiger partial charge in [-0.25, -0.2) is 0 Å². The Balaban J connectivity index is 2.08. The molecule has 4 nitrogen and oxygen atoms in total. The van der Waals surface area contributed by atoms with E-state index in [4.69, 9.17) is 8.92 Å². The summed E-state index contributed by atoms with van der Waals surface area (Å²) < 4.78 is 37.7. The zero-order valence-electron chi connectivity index (χ0n) is 16.7. The largest absolute Gasteiger partial charge is 0.492 e. The first kappa shape index (κ1) is 20.2. The van der Waals surface area contributed by atoms with E-state index < -0.39 is 10.1 Å². The first-order chi connectivity index (χ1) is 13.2. The molecule has 0 fully saturated rings. The van der Waals surface area contributed by atoms with Crippen LogP contribution in [0.15, 0.2) is 65.6 Å². The van der Waals surface area contributed by atoms with Crippen molar-refractivity contribution in [1.29, 1.82) is 0 Å². The van der Waals surface area contributed by atoms with Gasteiger partial charge in [0.1, 0.15) is 10.6 Å². The predicted molar refractivity (Wildman–Crippen MR) is 113 cm³/mol. The Hall–Kier alpha value is -2.53. The van der Waals surface area contributed by atoms with E-state index in [2.05, 4.69) is 0 Å². The summed E-state index contributed by atoms with van der Waals surface area (Å²) in [5, 5.41) is 1.66. The topological polar surface area (TPSA) is 52.6 Å². The third-order valence-electron chi connectivity index (χ3n) is 4.49. The summed E-state index contributed by atoms with van der Waals surface area (Å²) in [7, 11) is -4.07. The number of fused-ring (bicyclic) bond motifs is 1. The summed E-state index contributed by atoms with van der Waals surface area (Å²) in [6, 6.07) is 18.2. The molecule has 28 heavy (non-hydrogen) atoms. The molecule has 0 N–H and O–H groups in total. The maximum absolute atomic E-state index is 13.2. The van der Waals surface area contributed by atoms with E-state index in [1.165, 1.54) is 0 Å². The van der Waals surface area contributed by atoms with Crippen LogP contribution in [0.2, 0.25) is 0 Å². The lowest BCUT2D eigenvalue weighted by molar-refractivity contribution is 0.307. The highest BCUT2D eigenvalue weighted by atomic mass is 32.2. The molecule has 0 spiro atoms. The number of hydrogen-bond donors (Lipinski definition) is 0. The van der Waals surface area contributed by atoms with Gasteiger partial charge < -0.3 is 8.92 Å². The highest BCUT2D eigenvalue weighted by Crippen LogP contribution is 2.34. The molecule has 0 radical (unpaired) electrons. The monoisotopic (exact) mass is 398 g/mol. The Morgan fingerprint density at radius 3 is 2.32 bits per heavy atom. The van der Waals surface area contributed by atoms with E-state index in [0.29, 0.717) is 18.1 Å². The molecule has 148 valence electrons. The van der Waals surface area contributed by atoms with E-state index in [0.717, 1.165) is 22.8 Å². The molecule has 0 unspecified atom stereocenters. The maximum Gasteiger partial charge on any atom is 0.342 e. The normalized spacial score (nSPS) is 12.1. The molecule has 0 aliphatic rings. The standard InChI is InChI=1S/C23H26O4S/c1-5-15-26-21-14-13-18(23(2,3)4)16-22(21)28(24,25)27-20-12-8-10-17-9-6-7-11-19(17)20/h6-14,16H,5,15H2,1-4H3. The lowest BCUT2D eigenvalue weighted by Crippen LogP contribution is -2.16. The van der Waals surface area contributed by atoms with Crippen molar-refractivity contribution < 1.29 is 17.3 Å². The zero-order chi connectivity index (χ0) is 20.4. The van der Waals surface area contributed by atoms with Gasteiger partial charge in [0.25, 0.3) is 0 Å². The van der Waals surface area contributed by atoms with Gasteiger partial charge in [-0.3, -0.25) is 0 Å². The van der Waals surface area contributed by atoms with E-state index in [1.54, 1.807) is 24.3 Å². The van der Waals surface area contributed by atoms with Gasteiger partial charge in [0.05, 0.1) is 6.61 Å². The van der Waals surface area contributed by atoms with Crippen molar-refractivity contribution in [3.05, 3.63) is 66.2 Å². The van der Waals surface area contributed by atoms with Crippen molar-refractivity contribution in [3.63, 3.8) is 0 Å². The Kier molecular flexibility index (Phi) is 5.66. The lowest BCUT2D eigenvalue weighted by atomic mass is 9.87. The molecule has 0 heterocycles. The second-order valence-corrected chi connectivity index (χ2v) is 9.29. The van der Waals surface area contributed by atoms with E-state index in [9.17, 15) is 8.42 Å². The van der Waals surface area contributed by atoms with Crippen LogP contribution in [0.5, 0.6) is 11.5 Å². The quantitative estimate of drug-likeness (QED) is 0.500. The molecule has 3 aromatic rings.